The molecule has 0 fully saturated rings. The van der Waals surface area contributed by atoms with Crippen LogP contribution in [0.15, 0.2) is 17.0 Å². The largest absolute Gasteiger partial charge is 0.462 e. The molecule has 1 aromatic rings. The topological polar surface area (TPSA) is 60.4 Å². The van der Waals surface area contributed by atoms with Gasteiger partial charge in [0, 0.05) is 10.7 Å². The van der Waals surface area contributed by atoms with Crippen molar-refractivity contribution in [2.24, 2.45) is 0 Å². The molecule has 0 aliphatic carbocycles. The molecule has 1 aromatic carbocycles. The highest BCUT2D eigenvalue weighted by Crippen LogP contribution is 2.26. The number of carbonyl (C=O) groups is 1. The molecule has 4 nitrogen and oxygen atoms in total. The summed E-state index contributed by atoms with van der Waals surface area (Å²) in [6.45, 7) is 2.14. The van der Waals surface area contributed by atoms with E-state index < -0.39 is 30.8 Å². The van der Waals surface area contributed by atoms with Crippen LogP contribution in [0, 0.1) is 5.82 Å². The third kappa shape index (κ3) is 4.61. The second-order valence-corrected chi connectivity index (χ2v) is 6.99. The van der Waals surface area contributed by atoms with Gasteiger partial charge in [-0.05, 0) is 18.6 Å². The van der Waals surface area contributed by atoms with Crippen LogP contribution in [-0.4, -0.2) is 21.0 Å². The number of hydrogen-bond acceptors (Lipinski definition) is 4. The Morgan fingerprint density at radius 1 is 1.35 bits per heavy atom. The Morgan fingerprint density at radius 3 is 2.55 bits per heavy atom. The van der Waals surface area contributed by atoms with E-state index in [-0.39, 0.29) is 12.2 Å². The molecular formula is C12H13Cl2FO4S. The molecule has 0 saturated carbocycles. The number of esters is 1. The van der Waals surface area contributed by atoms with E-state index >= 15 is 0 Å². The molecule has 20 heavy (non-hydrogen) atoms. The molecule has 0 amide bonds. The molecule has 8 heteroatoms. The van der Waals surface area contributed by atoms with Gasteiger partial charge in [-0.25, -0.2) is 17.6 Å². The number of benzene rings is 1. The summed E-state index contributed by atoms with van der Waals surface area (Å²) in [5.41, 5.74) is -0.359. The van der Waals surface area contributed by atoms with E-state index in [4.69, 9.17) is 27.0 Å². The highest BCUT2D eigenvalue weighted by Gasteiger charge is 2.21. The van der Waals surface area contributed by atoms with E-state index in [0.29, 0.717) is 12.5 Å². The summed E-state index contributed by atoms with van der Waals surface area (Å²) in [5.74, 6) is -1.93. The van der Waals surface area contributed by atoms with Gasteiger partial charge in [0.2, 0.25) is 0 Å². The van der Waals surface area contributed by atoms with Gasteiger partial charge < -0.3 is 4.74 Å². The van der Waals surface area contributed by atoms with E-state index in [2.05, 4.69) is 0 Å². The predicted octanol–water partition coefficient (Wildman–Crippen LogP) is 3.75. The molecule has 112 valence electrons. The van der Waals surface area contributed by atoms with Crippen LogP contribution in [0.5, 0.6) is 0 Å². The summed E-state index contributed by atoms with van der Waals surface area (Å²) >= 11 is 5.64. The second kappa shape index (κ2) is 7.24. The van der Waals surface area contributed by atoms with Crippen LogP contribution in [-0.2, 0) is 13.8 Å². The van der Waals surface area contributed by atoms with Crippen LogP contribution < -0.4 is 0 Å². The van der Waals surface area contributed by atoms with E-state index in [1.165, 1.54) is 0 Å². The summed E-state index contributed by atoms with van der Waals surface area (Å²) in [7, 11) is 0.954. The summed E-state index contributed by atoms with van der Waals surface area (Å²) in [5, 5.41) is -0.491. The van der Waals surface area contributed by atoms with Gasteiger partial charge in [0.25, 0.3) is 9.05 Å². The average Bonchev–Trinajstić information content (AvgIpc) is 2.36. The third-order valence-electron chi connectivity index (χ3n) is 2.48. The van der Waals surface area contributed by atoms with Crippen LogP contribution in [0.4, 0.5) is 4.39 Å². The number of carbonyl (C=O) groups excluding carboxylic acids is 1. The molecule has 0 saturated heterocycles. The summed E-state index contributed by atoms with van der Waals surface area (Å²) in [4.78, 5) is 11.2. The van der Waals surface area contributed by atoms with Gasteiger partial charge in [-0.3, -0.25) is 0 Å². The van der Waals surface area contributed by atoms with Crippen molar-refractivity contribution < 1.29 is 22.3 Å². The SMILES string of the molecule is CCCCCOC(=O)c1cc(S(=O)(=O)Cl)cc(F)c1Cl. The Kier molecular flexibility index (Phi) is 6.23. The maximum Gasteiger partial charge on any atom is 0.339 e. The highest BCUT2D eigenvalue weighted by molar-refractivity contribution is 8.13. The van der Waals surface area contributed by atoms with E-state index in [0.717, 1.165) is 18.9 Å². The summed E-state index contributed by atoms with van der Waals surface area (Å²) in [6, 6.07) is 1.55. The molecule has 0 atom stereocenters. The Labute approximate surface area is 126 Å². The lowest BCUT2D eigenvalue weighted by Crippen LogP contribution is -2.09. The van der Waals surface area contributed by atoms with Crippen molar-refractivity contribution in [3.63, 3.8) is 0 Å². The Hall–Kier alpha value is -0.850. The molecule has 0 bridgehead atoms. The van der Waals surface area contributed by atoms with Crippen molar-refractivity contribution in [1.82, 2.24) is 0 Å². The molecule has 0 radical (unpaired) electrons. The zero-order chi connectivity index (χ0) is 15.3. The van der Waals surface area contributed by atoms with Crippen molar-refractivity contribution in [3.8, 4) is 0 Å². The van der Waals surface area contributed by atoms with Gasteiger partial charge in [-0.2, -0.15) is 0 Å². The van der Waals surface area contributed by atoms with Crippen LogP contribution in [0.25, 0.3) is 0 Å². The third-order valence-corrected chi connectivity index (χ3v) is 4.20. The molecule has 0 heterocycles. The van der Waals surface area contributed by atoms with E-state index in [9.17, 15) is 17.6 Å². The minimum Gasteiger partial charge on any atom is -0.462 e. The standard InChI is InChI=1S/C12H13Cl2FO4S/c1-2-3-4-5-19-12(16)9-6-8(20(14,17)18)7-10(15)11(9)13/h6-7H,2-5H2,1H3. The number of ether oxygens (including phenoxy) is 1. The Morgan fingerprint density at radius 2 is 2.00 bits per heavy atom. The minimum absolute atomic E-state index is 0.155. The fourth-order valence-corrected chi connectivity index (χ4v) is 2.40. The smallest absolute Gasteiger partial charge is 0.339 e. The van der Waals surface area contributed by atoms with Crippen LogP contribution in [0.2, 0.25) is 5.02 Å². The molecule has 0 aromatic heterocycles. The lowest BCUT2D eigenvalue weighted by molar-refractivity contribution is 0.0497. The summed E-state index contributed by atoms with van der Waals surface area (Å²) in [6.07, 6.45) is 2.49. The zero-order valence-corrected chi connectivity index (χ0v) is 13.0. The first-order chi connectivity index (χ1) is 9.27. The number of unbranched alkanes of at least 4 members (excludes halogenated alkanes) is 2. The van der Waals surface area contributed by atoms with Crippen molar-refractivity contribution in [3.05, 3.63) is 28.5 Å². The molecule has 0 unspecified atom stereocenters. The quantitative estimate of drug-likeness (QED) is 0.448. The molecular weight excluding hydrogens is 330 g/mol. The fraction of sp³-hybridized carbons (Fsp3) is 0.417. The minimum atomic E-state index is -4.16. The van der Waals surface area contributed by atoms with Crippen LogP contribution in [0.1, 0.15) is 36.5 Å². The Balaban J connectivity index is 2.99. The molecule has 0 aliphatic rings. The zero-order valence-electron chi connectivity index (χ0n) is 10.7. The highest BCUT2D eigenvalue weighted by atomic mass is 35.7. The monoisotopic (exact) mass is 342 g/mol. The van der Waals surface area contributed by atoms with Gasteiger partial charge in [0.05, 0.1) is 22.1 Å². The number of hydrogen-bond donors (Lipinski definition) is 0. The second-order valence-electron chi connectivity index (χ2n) is 4.05. The fourth-order valence-electron chi connectivity index (χ4n) is 1.45. The van der Waals surface area contributed by atoms with Gasteiger partial charge in [-0.15, -0.1) is 0 Å². The van der Waals surface area contributed by atoms with Gasteiger partial charge in [0.1, 0.15) is 5.82 Å². The van der Waals surface area contributed by atoms with Crippen molar-refractivity contribution in [1.29, 1.82) is 0 Å². The predicted molar refractivity (Wildman–Crippen MR) is 74.3 cm³/mol. The van der Waals surface area contributed by atoms with Crippen molar-refractivity contribution in [2.75, 3.05) is 6.61 Å². The lowest BCUT2D eigenvalue weighted by Gasteiger charge is -2.08. The van der Waals surface area contributed by atoms with Gasteiger partial charge in [-0.1, -0.05) is 31.4 Å². The first kappa shape index (κ1) is 17.2. The Bertz CT molecular complexity index is 602. The normalized spacial score (nSPS) is 11.4. The average molecular weight is 343 g/mol. The van der Waals surface area contributed by atoms with Crippen molar-refractivity contribution >= 4 is 37.3 Å². The number of rotatable bonds is 6. The van der Waals surface area contributed by atoms with E-state index in [1.807, 2.05) is 6.92 Å². The molecule has 0 N–H and O–H groups in total. The molecule has 1 rings (SSSR count). The van der Waals surface area contributed by atoms with Crippen LogP contribution in [0.3, 0.4) is 0 Å². The van der Waals surface area contributed by atoms with Gasteiger partial charge >= 0.3 is 5.97 Å². The van der Waals surface area contributed by atoms with Crippen LogP contribution >= 0.6 is 22.3 Å². The lowest BCUT2D eigenvalue weighted by atomic mass is 10.2. The first-order valence-corrected chi connectivity index (χ1v) is 8.57. The molecule has 0 spiro atoms. The molecule has 0 aliphatic heterocycles. The van der Waals surface area contributed by atoms with E-state index in [1.54, 1.807) is 0 Å². The number of halogens is 3. The van der Waals surface area contributed by atoms with Crippen molar-refractivity contribution in [2.45, 2.75) is 31.1 Å². The van der Waals surface area contributed by atoms with Gasteiger partial charge in [0.15, 0.2) is 0 Å². The maximum atomic E-state index is 13.5. The summed E-state index contributed by atoms with van der Waals surface area (Å²) < 4.78 is 40.8. The first-order valence-electron chi connectivity index (χ1n) is 5.88. The maximum absolute atomic E-state index is 13.5.